The van der Waals surface area contributed by atoms with Crippen molar-refractivity contribution in [1.82, 2.24) is 9.55 Å². The van der Waals surface area contributed by atoms with Gasteiger partial charge in [0.25, 0.3) is 0 Å². The highest BCUT2D eigenvalue weighted by molar-refractivity contribution is 5.91. The van der Waals surface area contributed by atoms with E-state index in [-0.39, 0.29) is 44.4 Å². The number of aromatic nitrogens is 2. The lowest BCUT2D eigenvalue weighted by atomic mass is 10.1. The topological polar surface area (TPSA) is 153 Å². The highest BCUT2D eigenvalue weighted by Crippen LogP contribution is 2.21. The summed E-state index contributed by atoms with van der Waals surface area (Å²) in [4.78, 5) is 58.4. The molecule has 0 bridgehead atoms. The van der Waals surface area contributed by atoms with Crippen molar-refractivity contribution in [2.75, 3.05) is 0 Å². The molecular formula is C21H24N2O8. The lowest BCUT2D eigenvalue weighted by Crippen LogP contribution is -2.19. The molecule has 0 radical (unpaired) electrons. The van der Waals surface area contributed by atoms with E-state index in [1.165, 1.54) is 0 Å². The zero-order chi connectivity index (χ0) is 22.8. The van der Waals surface area contributed by atoms with Crippen molar-refractivity contribution in [1.29, 1.82) is 0 Å². The van der Waals surface area contributed by atoms with Crippen LogP contribution < -0.4 is 0 Å². The quantitative estimate of drug-likeness (QED) is 0.473. The van der Waals surface area contributed by atoms with Gasteiger partial charge >= 0.3 is 23.9 Å². The summed E-state index contributed by atoms with van der Waals surface area (Å²) in [7, 11) is 0. The molecule has 0 aliphatic carbocycles. The summed E-state index contributed by atoms with van der Waals surface area (Å²) >= 11 is 0. The molecule has 1 aliphatic heterocycles. The summed E-state index contributed by atoms with van der Waals surface area (Å²) in [6.07, 6.45) is 2.10. The largest absolute Gasteiger partial charge is 0.481 e. The van der Waals surface area contributed by atoms with Crippen molar-refractivity contribution >= 4 is 40.8 Å². The summed E-state index contributed by atoms with van der Waals surface area (Å²) < 4.78 is 6.11. The molecule has 2 heterocycles. The maximum Gasteiger partial charge on any atom is 0.313 e. The van der Waals surface area contributed by atoms with E-state index in [9.17, 15) is 24.0 Å². The van der Waals surface area contributed by atoms with Crippen LogP contribution in [0.15, 0.2) is 24.3 Å². The minimum atomic E-state index is -1.02. The highest BCUT2D eigenvalue weighted by atomic mass is 16.6. The number of carbonyl (C=O) groups excluding carboxylic acids is 3. The summed E-state index contributed by atoms with van der Waals surface area (Å²) in [6, 6.07) is 7.80. The lowest BCUT2D eigenvalue weighted by molar-refractivity contribution is -0.159. The summed E-state index contributed by atoms with van der Waals surface area (Å²) in [5.74, 6) is -2.52. The van der Waals surface area contributed by atoms with Gasteiger partial charge in [-0.2, -0.15) is 0 Å². The number of hydrogen-bond acceptors (Lipinski definition) is 7. The van der Waals surface area contributed by atoms with Gasteiger partial charge in [-0.25, -0.2) is 4.98 Å². The number of benzene rings is 1. The molecule has 0 unspecified atom stereocenters. The van der Waals surface area contributed by atoms with E-state index in [1.807, 2.05) is 24.3 Å². The van der Waals surface area contributed by atoms with Gasteiger partial charge in [-0.05, 0) is 31.4 Å². The molecule has 31 heavy (non-hydrogen) atoms. The molecule has 1 aromatic heterocycles. The van der Waals surface area contributed by atoms with Crippen LogP contribution in [0, 0.1) is 0 Å². The molecule has 0 fully saturated rings. The first-order valence-corrected chi connectivity index (χ1v) is 9.94. The Bertz CT molecular complexity index is 949. The second-order valence-electron chi connectivity index (χ2n) is 6.94. The van der Waals surface area contributed by atoms with Gasteiger partial charge < -0.3 is 14.9 Å². The van der Waals surface area contributed by atoms with Gasteiger partial charge in [0.2, 0.25) is 5.91 Å². The average molecular weight is 432 g/mol. The number of imidazole rings is 1. The molecule has 3 rings (SSSR count). The van der Waals surface area contributed by atoms with Crippen molar-refractivity contribution in [2.45, 2.75) is 57.8 Å². The molecule has 10 nitrogen and oxygen atoms in total. The molecule has 166 valence electrons. The Morgan fingerprint density at radius 1 is 0.903 bits per heavy atom. The van der Waals surface area contributed by atoms with Gasteiger partial charge in [-0.3, -0.25) is 28.5 Å². The number of aryl methyl sites for hydroxylation is 1. The van der Waals surface area contributed by atoms with Crippen LogP contribution >= 0.6 is 0 Å². The predicted molar refractivity (Wildman–Crippen MR) is 107 cm³/mol. The summed E-state index contributed by atoms with van der Waals surface area (Å²) in [5, 5.41) is 16.6. The normalized spacial score (nSPS) is 12.5. The molecule has 1 aromatic carbocycles. The smallest absolute Gasteiger partial charge is 0.313 e. The first-order valence-electron chi connectivity index (χ1n) is 9.94. The Balaban J connectivity index is 0.000000222. The number of carbonyl (C=O) groups is 5. The number of carboxylic acid groups (broad SMARTS) is 2. The van der Waals surface area contributed by atoms with E-state index in [4.69, 9.17) is 10.2 Å². The van der Waals surface area contributed by atoms with Crippen LogP contribution in [0.2, 0.25) is 0 Å². The van der Waals surface area contributed by atoms with Crippen LogP contribution in [-0.4, -0.2) is 49.5 Å². The third kappa shape index (κ3) is 7.65. The Kier molecular flexibility index (Phi) is 8.86. The molecule has 2 aromatic rings. The molecule has 0 atom stereocenters. The Labute approximate surface area is 177 Å². The van der Waals surface area contributed by atoms with Gasteiger partial charge in [0.1, 0.15) is 5.82 Å². The zero-order valence-corrected chi connectivity index (χ0v) is 16.9. The summed E-state index contributed by atoms with van der Waals surface area (Å²) in [5.41, 5.74) is 1.88. The van der Waals surface area contributed by atoms with Gasteiger partial charge in [0.15, 0.2) is 0 Å². The molecule has 0 saturated carbocycles. The van der Waals surface area contributed by atoms with Gasteiger partial charge in [-0.1, -0.05) is 12.1 Å². The Morgan fingerprint density at radius 2 is 1.48 bits per heavy atom. The number of nitrogens with zero attached hydrogens (tertiary/aromatic N) is 2. The van der Waals surface area contributed by atoms with Crippen LogP contribution in [0.1, 0.15) is 62.0 Å². The van der Waals surface area contributed by atoms with E-state index in [0.717, 1.165) is 29.7 Å². The van der Waals surface area contributed by atoms with Crippen molar-refractivity contribution in [3.8, 4) is 0 Å². The van der Waals surface area contributed by atoms with E-state index in [2.05, 4.69) is 9.72 Å². The number of para-hydroxylation sites is 2. The molecule has 0 amide bonds. The third-order valence-electron chi connectivity index (χ3n) is 4.44. The van der Waals surface area contributed by atoms with E-state index >= 15 is 0 Å². The molecule has 2 N–H and O–H groups in total. The molecular weight excluding hydrogens is 408 g/mol. The molecule has 0 spiro atoms. The third-order valence-corrected chi connectivity index (χ3v) is 4.44. The zero-order valence-electron chi connectivity index (χ0n) is 16.9. The van der Waals surface area contributed by atoms with Crippen LogP contribution in [0.4, 0.5) is 0 Å². The Hall–Kier alpha value is -3.56. The second-order valence-corrected chi connectivity index (χ2v) is 6.94. The molecule has 0 saturated heterocycles. The lowest BCUT2D eigenvalue weighted by Gasteiger charge is -2.12. The minimum Gasteiger partial charge on any atom is -0.481 e. The van der Waals surface area contributed by atoms with Gasteiger partial charge in [-0.15, -0.1) is 0 Å². The summed E-state index contributed by atoms with van der Waals surface area (Å²) in [6.45, 7) is 0. The van der Waals surface area contributed by atoms with Crippen LogP contribution in [0.3, 0.4) is 0 Å². The first kappa shape index (κ1) is 23.7. The number of carboxylic acids is 2. The maximum absolute atomic E-state index is 11.7. The standard InChI is InChI=1S/C11H10N2O.C10H14O7/c14-11-7-3-6-10-12-8-4-1-2-5-9(8)13(10)11;11-7(12)3-1-5-9(15)17-10(16)6-2-4-8(13)14/h1-2,4-5H,3,6-7H2;1-6H2,(H,11,12)(H,13,14). The van der Waals surface area contributed by atoms with Gasteiger partial charge in [0, 0.05) is 38.5 Å². The monoisotopic (exact) mass is 432 g/mol. The van der Waals surface area contributed by atoms with Crippen molar-refractivity contribution < 1.29 is 38.9 Å². The predicted octanol–water partition coefficient (Wildman–Crippen LogP) is 2.58. The SMILES string of the molecule is O=C(O)CCCC(=O)OC(=O)CCCC(=O)O.O=C1CCCc2nc3ccccc3n21. The minimum absolute atomic E-state index is 0.108. The number of ether oxygens (including phenoxy) is 1. The van der Waals surface area contributed by atoms with Crippen LogP contribution in [0.25, 0.3) is 11.0 Å². The van der Waals surface area contributed by atoms with E-state index in [1.54, 1.807) is 4.57 Å². The van der Waals surface area contributed by atoms with Crippen molar-refractivity contribution in [3.05, 3.63) is 30.1 Å². The van der Waals surface area contributed by atoms with Crippen LogP contribution in [-0.2, 0) is 30.3 Å². The first-order chi connectivity index (χ1) is 14.8. The highest BCUT2D eigenvalue weighted by Gasteiger charge is 2.20. The van der Waals surface area contributed by atoms with Crippen molar-refractivity contribution in [3.63, 3.8) is 0 Å². The fraction of sp³-hybridized carbons (Fsp3) is 0.429. The fourth-order valence-corrected chi connectivity index (χ4v) is 3.03. The van der Waals surface area contributed by atoms with Crippen LogP contribution in [0.5, 0.6) is 0 Å². The number of hydrogen-bond donors (Lipinski definition) is 2. The van der Waals surface area contributed by atoms with E-state index < -0.39 is 23.9 Å². The fourth-order valence-electron chi connectivity index (χ4n) is 3.03. The second kappa shape index (κ2) is 11.6. The maximum atomic E-state index is 11.7. The number of fused-ring (bicyclic) bond motifs is 3. The number of esters is 2. The van der Waals surface area contributed by atoms with E-state index in [0.29, 0.717) is 6.42 Å². The Morgan fingerprint density at radius 3 is 2.06 bits per heavy atom. The molecule has 10 heteroatoms. The number of aliphatic carboxylic acids is 2. The average Bonchev–Trinajstić information content (AvgIpc) is 3.07. The number of rotatable bonds is 8. The van der Waals surface area contributed by atoms with Crippen molar-refractivity contribution in [2.24, 2.45) is 0 Å². The molecule has 1 aliphatic rings. The van der Waals surface area contributed by atoms with Gasteiger partial charge in [0.05, 0.1) is 11.0 Å².